The van der Waals surface area contributed by atoms with Gasteiger partial charge in [-0.25, -0.2) is 9.18 Å². The SMILES string of the molecule is COc1ccc(NC(=O)C[N+]2=C3C=CSC3C(=O)N(Cc3ccc(F)cc3)C2=O)cc1. The topological polar surface area (TPSA) is 78.7 Å². The Labute approximate surface area is 182 Å². The lowest BCUT2D eigenvalue weighted by Gasteiger charge is -2.24. The Bertz CT molecular complexity index is 1100. The molecule has 2 aromatic rings. The summed E-state index contributed by atoms with van der Waals surface area (Å²) in [5, 5.41) is 3.89. The van der Waals surface area contributed by atoms with Gasteiger partial charge in [-0.05, 0) is 53.4 Å². The highest BCUT2D eigenvalue weighted by atomic mass is 32.2. The van der Waals surface area contributed by atoms with E-state index in [0.29, 0.717) is 22.7 Å². The zero-order chi connectivity index (χ0) is 22.0. The van der Waals surface area contributed by atoms with Gasteiger partial charge in [0, 0.05) is 5.69 Å². The lowest BCUT2D eigenvalue weighted by atomic mass is 10.1. The molecular formula is C22H19FN3O4S+. The van der Waals surface area contributed by atoms with Crippen molar-refractivity contribution in [1.29, 1.82) is 0 Å². The van der Waals surface area contributed by atoms with Crippen LogP contribution in [0.5, 0.6) is 5.75 Å². The number of halogens is 1. The maximum atomic E-state index is 13.2. The van der Waals surface area contributed by atoms with Crippen LogP contribution in [-0.4, -0.2) is 51.9 Å². The molecule has 0 spiro atoms. The van der Waals surface area contributed by atoms with Crippen LogP contribution in [0.1, 0.15) is 5.56 Å². The molecule has 2 aromatic carbocycles. The maximum Gasteiger partial charge on any atom is 0.501 e. The number of thioether (sulfide) groups is 1. The third kappa shape index (κ3) is 4.36. The molecule has 0 radical (unpaired) electrons. The number of urea groups is 1. The molecule has 4 amide bonds. The minimum atomic E-state index is -0.591. The van der Waals surface area contributed by atoms with E-state index in [1.165, 1.54) is 40.6 Å². The van der Waals surface area contributed by atoms with Crippen LogP contribution >= 0.6 is 11.8 Å². The molecule has 9 heteroatoms. The molecule has 1 unspecified atom stereocenters. The quantitative estimate of drug-likeness (QED) is 0.699. The number of hydrogen-bond acceptors (Lipinski definition) is 5. The lowest BCUT2D eigenvalue weighted by Crippen LogP contribution is -2.55. The van der Waals surface area contributed by atoms with Crippen LogP contribution in [0.4, 0.5) is 14.9 Å². The predicted octanol–water partition coefficient (Wildman–Crippen LogP) is 3.02. The summed E-state index contributed by atoms with van der Waals surface area (Å²) in [6.07, 6.45) is 1.68. The zero-order valence-corrected chi connectivity index (χ0v) is 17.4. The zero-order valence-electron chi connectivity index (χ0n) is 16.6. The van der Waals surface area contributed by atoms with E-state index in [9.17, 15) is 18.8 Å². The van der Waals surface area contributed by atoms with Gasteiger partial charge in [-0.15, -0.1) is 11.8 Å². The Kier molecular flexibility index (Phi) is 5.85. The Morgan fingerprint density at radius 3 is 2.55 bits per heavy atom. The third-order valence-electron chi connectivity index (χ3n) is 4.92. The molecule has 158 valence electrons. The fourth-order valence-electron chi connectivity index (χ4n) is 3.35. The van der Waals surface area contributed by atoms with Gasteiger partial charge in [-0.3, -0.25) is 4.79 Å². The Morgan fingerprint density at radius 2 is 1.87 bits per heavy atom. The average molecular weight is 440 g/mol. The summed E-state index contributed by atoms with van der Waals surface area (Å²) in [6.45, 7) is -0.242. The molecule has 31 heavy (non-hydrogen) atoms. The van der Waals surface area contributed by atoms with Crippen molar-refractivity contribution in [3.05, 3.63) is 71.4 Å². The number of rotatable bonds is 6. The predicted molar refractivity (Wildman–Crippen MR) is 115 cm³/mol. The highest BCUT2D eigenvalue weighted by Gasteiger charge is 2.49. The van der Waals surface area contributed by atoms with Gasteiger partial charge in [0.1, 0.15) is 23.8 Å². The number of nitrogens with zero attached hydrogens (tertiary/aromatic N) is 2. The number of hydrogen-bond donors (Lipinski definition) is 1. The number of benzene rings is 2. The molecule has 1 N–H and O–H groups in total. The van der Waals surface area contributed by atoms with Crippen LogP contribution in [0.15, 0.2) is 60.0 Å². The summed E-state index contributed by atoms with van der Waals surface area (Å²) in [4.78, 5) is 39.7. The first-order valence-corrected chi connectivity index (χ1v) is 10.4. The van der Waals surface area contributed by atoms with E-state index >= 15 is 0 Å². The summed E-state index contributed by atoms with van der Waals surface area (Å²) in [5.74, 6) is -0.494. The van der Waals surface area contributed by atoms with Gasteiger partial charge in [0.05, 0.1) is 7.11 Å². The van der Waals surface area contributed by atoms with Crippen molar-refractivity contribution >= 4 is 41.0 Å². The molecule has 0 aromatic heterocycles. The van der Waals surface area contributed by atoms with Crippen LogP contribution in [0, 0.1) is 5.82 Å². The largest absolute Gasteiger partial charge is 0.501 e. The molecular weight excluding hydrogens is 421 g/mol. The lowest BCUT2D eigenvalue weighted by molar-refractivity contribution is -0.426. The number of carbonyl (C=O) groups is 3. The second kappa shape index (κ2) is 8.73. The van der Waals surface area contributed by atoms with Crippen molar-refractivity contribution in [1.82, 2.24) is 4.90 Å². The number of allylic oxidation sites excluding steroid dienone is 1. The molecule has 0 aliphatic carbocycles. The van der Waals surface area contributed by atoms with Crippen molar-refractivity contribution in [2.45, 2.75) is 11.8 Å². The van der Waals surface area contributed by atoms with E-state index in [4.69, 9.17) is 4.74 Å². The number of anilines is 1. The van der Waals surface area contributed by atoms with Crippen LogP contribution < -0.4 is 10.1 Å². The summed E-state index contributed by atoms with van der Waals surface area (Å²) in [5.41, 5.74) is 1.66. The molecule has 0 saturated heterocycles. The molecule has 0 saturated carbocycles. The first-order valence-electron chi connectivity index (χ1n) is 9.46. The molecule has 4 rings (SSSR count). The Balaban J connectivity index is 1.54. The van der Waals surface area contributed by atoms with Crippen molar-refractivity contribution in [2.75, 3.05) is 19.0 Å². The average Bonchev–Trinajstić information content (AvgIpc) is 3.26. The number of imide groups is 1. The minimum Gasteiger partial charge on any atom is -0.497 e. The van der Waals surface area contributed by atoms with Crippen LogP contribution in [0.2, 0.25) is 0 Å². The normalized spacial score (nSPS) is 17.7. The van der Waals surface area contributed by atoms with Gasteiger partial charge in [-0.2, -0.15) is 14.3 Å². The van der Waals surface area contributed by atoms with Crippen LogP contribution in [-0.2, 0) is 16.1 Å². The van der Waals surface area contributed by atoms with Crippen molar-refractivity contribution in [3.8, 4) is 5.75 Å². The highest BCUT2D eigenvalue weighted by Crippen LogP contribution is 2.28. The molecule has 0 fully saturated rings. The number of nitrogens with one attached hydrogen (secondary N) is 1. The fourth-order valence-corrected chi connectivity index (χ4v) is 4.31. The Hall–Kier alpha value is -3.46. The first kappa shape index (κ1) is 20.8. The maximum absolute atomic E-state index is 13.2. The molecule has 2 heterocycles. The van der Waals surface area contributed by atoms with Crippen molar-refractivity contribution < 1.29 is 28.1 Å². The van der Waals surface area contributed by atoms with Crippen molar-refractivity contribution in [3.63, 3.8) is 0 Å². The van der Waals surface area contributed by atoms with E-state index in [-0.39, 0.29) is 19.0 Å². The van der Waals surface area contributed by atoms with E-state index in [1.807, 2.05) is 0 Å². The minimum absolute atomic E-state index is 0.00111. The first-order chi connectivity index (χ1) is 15.0. The van der Waals surface area contributed by atoms with Crippen molar-refractivity contribution in [2.24, 2.45) is 0 Å². The van der Waals surface area contributed by atoms with Gasteiger partial charge in [0.15, 0.2) is 11.8 Å². The molecule has 2 aliphatic rings. The summed E-state index contributed by atoms with van der Waals surface area (Å²) >= 11 is 1.28. The van der Waals surface area contributed by atoms with Crippen LogP contribution in [0.25, 0.3) is 0 Å². The van der Waals surface area contributed by atoms with Gasteiger partial charge < -0.3 is 10.1 Å². The fraction of sp³-hybridized carbons (Fsp3) is 0.182. The number of amides is 4. The number of fused-ring (bicyclic) bond motifs is 1. The number of carbonyl (C=O) groups excluding carboxylic acids is 3. The van der Waals surface area contributed by atoms with E-state index < -0.39 is 23.0 Å². The Morgan fingerprint density at radius 1 is 1.16 bits per heavy atom. The van der Waals surface area contributed by atoms with E-state index in [2.05, 4.69) is 5.32 Å². The second-order valence-corrected chi connectivity index (χ2v) is 7.96. The monoisotopic (exact) mass is 440 g/mol. The van der Waals surface area contributed by atoms with Gasteiger partial charge >= 0.3 is 11.9 Å². The highest BCUT2D eigenvalue weighted by molar-refractivity contribution is 8.04. The molecule has 0 bridgehead atoms. The van der Waals surface area contributed by atoms with Gasteiger partial charge in [-0.1, -0.05) is 12.1 Å². The smallest absolute Gasteiger partial charge is 0.497 e. The third-order valence-corrected chi connectivity index (χ3v) is 5.92. The second-order valence-electron chi connectivity index (χ2n) is 6.94. The number of ether oxygens (including phenoxy) is 1. The molecule has 7 nitrogen and oxygen atoms in total. The summed E-state index contributed by atoms with van der Waals surface area (Å²) in [7, 11) is 1.55. The van der Waals surface area contributed by atoms with E-state index in [0.717, 1.165) is 4.90 Å². The van der Waals surface area contributed by atoms with Gasteiger partial charge in [0.2, 0.25) is 0 Å². The number of methoxy groups -OCH3 is 1. The standard InChI is InChI=1S/C22H18FN3O4S/c1-30-17-8-6-16(7-9-17)24-19(27)13-25-18-10-11-31-20(18)21(28)26(22(25)29)12-14-2-4-15(23)5-3-14/h2-11,20H,12-13H2,1H3/p+1. The molecule has 2 aliphatic heterocycles. The van der Waals surface area contributed by atoms with Crippen LogP contribution in [0.3, 0.4) is 0 Å². The molecule has 1 atom stereocenters. The van der Waals surface area contributed by atoms with E-state index in [1.54, 1.807) is 42.9 Å². The summed E-state index contributed by atoms with van der Waals surface area (Å²) in [6, 6.07) is 11.8. The van der Waals surface area contributed by atoms with Gasteiger partial charge in [0.25, 0.3) is 5.91 Å². The summed E-state index contributed by atoms with van der Waals surface area (Å²) < 4.78 is 19.6.